The van der Waals surface area contributed by atoms with Gasteiger partial charge in [-0.05, 0) is 55.2 Å². The number of rotatable bonds is 6. The van der Waals surface area contributed by atoms with E-state index in [2.05, 4.69) is 17.1 Å². The van der Waals surface area contributed by atoms with Gasteiger partial charge in [0.15, 0.2) is 6.61 Å². The molecule has 3 rings (SSSR count). The maximum atomic E-state index is 12.2. The highest BCUT2D eigenvalue weighted by Gasteiger charge is 2.16. The van der Waals surface area contributed by atoms with E-state index in [9.17, 15) is 9.59 Å². The molecule has 2 aromatic rings. The van der Waals surface area contributed by atoms with E-state index in [1.54, 1.807) is 24.3 Å². The van der Waals surface area contributed by atoms with Crippen LogP contribution in [0.5, 0.6) is 5.75 Å². The lowest BCUT2D eigenvalue weighted by Crippen LogP contribution is -2.32. The molecule has 1 heterocycles. The Bertz CT molecular complexity index is 812. The Balaban J connectivity index is 1.53. The summed E-state index contributed by atoms with van der Waals surface area (Å²) >= 11 is 0. The van der Waals surface area contributed by atoms with E-state index in [1.807, 2.05) is 24.3 Å². The molecule has 1 amide bonds. The molecule has 2 aromatic carbocycles. The molecule has 1 saturated heterocycles. The van der Waals surface area contributed by atoms with Crippen LogP contribution in [0.2, 0.25) is 0 Å². The van der Waals surface area contributed by atoms with Gasteiger partial charge in [-0.2, -0.15) is 0 Å². The fraction of sp³-hybridized carbons (Fsp3) is 0.364. The number of piperidine rings is 1. The molecule has 0 spiro atoms. The topological polar surface area (TPSA) is 67.9 Å². The van der Waals surface area contributed by atoms with Gasteiger partial charge in [-0.15, -0.1) is 0 Å². The zero-order chi connectivity index (χ0) is 19.9. The Kier molecular flexibility index (Phi) is 6.53. The molecule has 1 N–H and O–H groups in total. The SMILES string of the molecule is COC(=O)c1ccccc1OCC(=O)Nc1ccc(N2CCC(C)CC2)cc1. The van der Waals surface area contributed by atoms with Crippen molar-refractivity contribution < 1.29 is 19.1 Å². The van der Waals surface area contributed by atoms with Gasteiger partial charge in [-0.1, -0.05) is 19.1 Å². The molecule has 0 atom stereocenters. The van der Waals surface area contributed by atoms with Crippen LogP contribution < -0.4 is 15.0 Å². The van der Waals surface area contributed by atoms with Crippen LogP contribution in [0.15, 0.2) is 48.5 Å². The van der Waals surface area contributed by atoms with E-state index in [0.29, 0.717) is 11.4 Å². The number of ether oxygens (including phenoxy) is 2. The van der Waals surface area contributed by atoms with Gasteiger partial charge in [0.25, 0.3) is 5.91 Å². The first kappa shape index (κ1) is 19.7. The summed E-state index contributed by atoms with van der Waals surface area (Å²) < 4.78 is 10.2. The third kappa shape index (κ3) is 5.03. The molecule has 1 aliphatic heterocycles. The highest BCUT2D eigenvalue weighted by molar-refractivity contribution is 5.94. The molecule has 0 saturated carbocycles. The molecule has 6 heteroatoms. The molecule has 28 heavy (non-hydrogen) atoms. The van der Waals surface area contributed by atoms with Crippen molar-refractivity contribution >= 4 is 23.3 Å². The first-order valence-electron chi connectivity index (χ1n) is 9.52. The van der Waals surface area contributed by atoms with Gasteiger partial charge in [-0.25, -0.2) is 4.79 Å². The van der Waals surface area contributed by atoms with Gasteiger partial charge in [0.2, 0.25) is 0 Å². The minimum atomic E-state index is -0.501. The number of carbonyl (C=O) groups is 2. The van der Waals surface area contributed by atoms with Gasteiger partial charge in [0, 0.05) is 24.5 Å². The van der Waals surface area contributed by atoms with Crippen LogP contribution in [-0.2, 0) is 9.53 Å². The molecular weight excluding hydrogens is 356 g/mol. The summed E-state index contributed by atoms with van der Waals surface area (Å²) in [5.41, 5.74) is 2.18. The van der Waals surface area contributed by atoms with Crippen molar-refractivity contribution in [3.05, 3.63) is 54.1 Å². The fourth-order valence-corrected chi connectivity index (χ4v) is 3.23. The predicted molar refractivity (Wildman–Crippen MR) is 109 cm³/mol. The number of hydrogen-bond acceptors (Lipinski definition) is 5. The smallest absolute Gasteiger partial charge is 0.341 e. The lowest BCUT2D eigenvalue weighted by atomic mass is 9.99. The largest absolute Gasteiger partial charge is 0.483 e. The van der Waals surface area contributed by atoms with E-state index in [4.69, 9.17) is 9.47 Å². The van der Waals surface area contributed by atoms with Crippen molar-refractivity contribution in [2.24, 2.45) is 5.92 Å². The van der Waals surface area contributed by atoms with Crippen LogP contribution >= 0.6 is 0 Å². The minimum Gasteiger partial charge on any atom is -0.483 e. The summed E-state index contributed by atoms with van der Waals surface area (Å²) in [4.78, 5) is 26.3. The zero-order valence-corrected chi connectivity index (χ0v) is 16.3. The number of amides is 1. The van der Waals surface area contributed by atoms with E-state index in [1.165, 1.54) is 25.6 Å². The number of benzene rings is 2. The van der Waals surface area contributed by atoms with Gasteiger partial charge in [0.1, 0.15) is 11.3 Å². The molecule has 148 valence electrons. The summed E-state index contributed by atoms with van der Waals surface area (Å²) in [6.45, 7) is 4.24. The van der Waals surface area contributed by atoms with Crippen molar-refractivity contribution in [2.75, 3.05) is 37.0 Å². The molecule has 0 aromatic heterocycles. The van der Waals surface area contributed by atoms with E-state index in [0.717, 1.165) is 19.0 Å². The van der Waals surface area contributed by atoms with Gasteiger partial charge in [-0.3, -0.25) is 4.79 Å². The molecule has 1 fully saturated rings. The standard InChI is InChI=1S/C22H26N2O4/c1-16-11-13-24(14-12-16)18-9-7-17(8-10-18)23-21(25)15-28-20-6-4-3-5-19(20)22(26)27-2/h3-10,16H,11-15H2,1-2H3,(H,23,25). The number of methoxy groups -OCH3 is 1. The Morgan fingerprint density at radius 1 is 1.07 bits per heavy atom. The summed E-state index contributed by atoms with van der Waals surface area (Å²) in [7, 11) is 1.31. The molecule has 1 aliphatic rings. The van der Waals surface area contributed by atoms with Gasteiger partial charge < -0.3 is 19.7 Å². The monoisotopic (exact) mass is 382 g/mol. The summed E-state index contributed by atoms with van der Waals surface area (Å²) in [6, 6.07) is 14.5. The Morgan fingerprint density at radius 3 is 2.43 bits per heavy atom. The van der Waals surface area contributed by atoms with Crippen LogP contribution in [0.4, 0.5) is 11.4 Å². The maximum Gasteiger partial charge on any atom is 0.341 e. The molecule has 6 nitrogen and oxygen atoms in total. The maximum absolute atomic E-state index is 12.2. The number of anilines is 2. The van der Waals surface area contributed by atoms with Crippen molar-refractivity contribution in [3.8, 4) is 5.75 Å². The Morgan fingerprint density at radius 2 is 1.75 bits per heavy atom. The number of esters is 1. The second-order valence-electron chi connectivity index (χ2n) is 7.04. The van der Waals surface area contributed by atoms with Crippen LogP contribution in [0.25, 0.3) is 0 Å². The number of nitrogens with one attached hydrogen (secondary N) is 1. The van der Waals surface area contributed by atoms with Crippen molar-refractivity contribution in [1.29, 1.82) is 0 Å². The quantitative estimate of drug-likeness (QED) is 0.771. The molecule has 0 unspecified atom stereocenters. The zero-order valence-electron chi connectivity index (χ0n) is 16.3. The lowest BCUT2D eigenvalue weighted by Gasteiger charge is -2.32. The molecule has 0 aliphatic carbocycles. The highest BCUT2D eigenvalue weighted by atomic mass is 16.5. The van der Waals surface area contributed by atoms with Crippen LogP contribution in [0, 0.1) is 5.92 Å². The van der Waals surface area contributed by atoms with Crippen molar-refractivity contribution in [2.45, 2.75) is 19.8 Å². The fourth-order valence-electron chi connectivity index (χ4n) is 3.23. The normalized spacial score (nSPS) is 14.4. The lowest BCUT2D eigenvalue weighted by molar-refractivity contribution is -0.118. The third-order valence-electron chi connectivity index (χ3n) is 4.95. The number of carbonyl (C=O) groups excluding carboxylic acids is 2. The third-order valence-corrected chi connectivity index (χ3v) is 4.95. The molecule has 0 radical (unpaired) electrons. The highest BCUT2D eigenvalue weighted by Crippen LogP contribution is 2.24. The number of nitrogens with zero attached hydrogens (tertiary/aromatic N) is 1. The van der Waals surface area contributed by atoms with E-state index in [-0.39, 0.29) is 18.1 Å². The average Bonchev–Trinajstić information content (AvgIpc) is 2.73. The summed E-state index contributed by atoms with van der Waals surface area (Å²) in [5.74, 6) is 0.316. The van der Waals surface area contributed by atoms with Gasteiger partial charge in [0.05, 0.1) is 7.11 Å². The Labute approximate surface area is 165 Å². The van der Waals surface area contributed by atoms with Gasteiger partial charge >= 0.3 is 5.97 Å². The van der Waals surface area contributed by atoms with Crippen molar-refractivity contribution in [3.63, 3.8) is 0 Å². The Hall–Kier alpha value is -3.02. The average molecular weight is 382 g/mol. The second-order valence-corrected chi connectivity index (χ2v) is 7.04. The predicted octanol–water partition coefficient (Wildman–Crippen LogP) is 3.73. The van der Waals surface area contributed by atoms with E-state index < -0.39 is 5.97 Å². The molecule has 0 bridgehead atoms. The number of hydrogen-bond donors (Lipinski definition) is 1. The van der Waals surface area contributed by atoms with E-state index >= 15 is 0 Å². The first-order chi connectivity index (χ1) is 13.6. The minimum absolute atomic E-state index is 0.195. The summed E-state index contributed by atoms with van der Waals surface area (Å²) in [6.07, 6.45) is 2.42. The molecular formula is C22H26N2O4. The number of para-hydroxylation sites is 1. The van der Waals surface area contributed by atoms with Crippen LogP contribution in [0.3, 0.4) is 0 Å². The second kappa shape index (κ2) is 9.26. The van der Waals surface area contributed by atoms with Crippen LogP contribution in [-0.4, -0.2) is 38.7 Å². The summed E-state index contributed by atoms with van der Waals surface area (Å²) in [5, 5.41) is 2.81. The van der Waals surface area contributed by atoms with Crippen LogP contribution in [0.1, 0.15) is 30.1 Å². The first-order valence-corrected chi connectivity index (χ1v) is 9.52. The van der Waals surface area contributed by atoms with Crippen molar-refractivity contribution in [1.82, 2.24) is 0 Å².